The summed E-state index contributed by atoms with van der Waals surface area (Å²) < 4.78 is 0. The van der Waals surface area contributed by atoms with Gasteiger partial charge in [0.25, 0.3) is 0 Å². The first kappa shape index (κ1) is 12.8. The minimum atomic E-state index is 0.0195. The molecule has 5 nitrogen and oxygen atoms in total. The molecular weight excluding hydrogens is 226 g/mol. The maximum Gasteiger partial charge on any atom is 0.141 e. The van der Waals surface area contributed by atoms with Gasteiger partial charge in [-0.05, 0) is 38.6 Å². The van der Waals surface area contributed by atoms with Crippen molar-refractivity contribution in [2.75, 3.05) is 32.1 Å². The molecule has 0 amide bonds. The highest BCUT2D eigenvalue weighted by atomic mass is 15.2. The van der Waals surface area contributed by atoms with Gasteiger partial charge in [-0.1, -0.05) is 6.07 Å². The van der Waals surface area contributed by atoms with Gasteiger partial charge in [0.15, 0.2) is 0 Å². The van der Waals surface area contributed by atoms with E-state index in [1.54, 1.807) is 6.07 Å². The molecule has 1 aromatic rings. The Morgan fingerprint density at radius 1 is 1.56 bits per heavy atom. The number of nitrogen functional groups attached to an aromatic ring is 1. The molecule has 2 heterocycles. The van der Waals surface area contributed by atoms with E-state index in [4.69, 9.17) is 11.1 Å². The molecule has 0 aromatic carbocycles. The minimum Gasteiger partial charge on any atom is -0.382 e. The summed E-state index contributed by atoms with van der Waals surface area (Å²) in [6.07, 6.45) is 2.41. The van der Waals surface area contributed by atoms with Gasteiger partial charge < -0.3 is 15.5 Å². The zero-order valence-electron chi connectivity index (χ0n) is 11.1. The Morgan fingerprint density at radius 2 is 2.33 bits per heavy atom. The Bertz CT molecular complexity index is 431. The van der Waals surface area contributed by atoms with Crippen LogP contribution in [-0.4, -0.2) is 48.9 Å². The lowest BCUT2D eigenvalue weighted by molar-refractivity contribution is 0.247. The third-order valence-corrected chi connectivity index (χ3v) is 3.52. The van der Waals surface area contributed by atoms with Gasteiger partial charge in [0.1, 0.15) is 17.3 Å². The van der Waals surface area contributed by atoms with Crippen molar-refractivity contribution in [1.82, 2.24) is 9.88 Å². The molecule has 1 unspecified atom stereocenters. The number of piperidine rings is 1. The van der Waals surface area contributed by atoms with Crippen LogP contribution in [0.1, 0.15) is 18.5 Å². The predicted molar refractivity (Wildman–Crippen MR) is 74.2 cm³/mol. The van der Waals surface area contributed by atoms with Crippen molar-refractivity contribution in [3.63, 3.8) is 0 Å². The fourth-order valence-electron chi connectivity index (χ4n) is 2.41. The number of hydrogen-bond acceptors (Lipinski definition) is 4. The summed E-state index contributed by atoms with van der Waals surface area (Å²) in [7, 11) is 4.22. The number of nitrogens with zero attached hydrogens (tertiary/aromatic N) is 3. The van der Waals surface area contributed by atoms with Crippen LogP contribution in [0.4, 0.5) is 5.82 Å². The summed E-state index contributed by atoms with van der Waals surface area (Å²) in [6.45, 7) is 2.23. The summed E-state index contributed by atoms with van der Waals surface area (Å²) in [5.41, 5.74) is 6.02. The molecule has 1 atom stereocenters. The zero-order chi connectivity index (χ0) is 13.1. The number of aromatic nitrogens is 1. The molecule has 5 heteroatoms. The van der Waals surface area contributed by atoms with E-state index in [0.29, 0.717) is 11.7 Å². The van der Waals surface area contributed by atoms with E-state index in [1.807, 2.05) is 12.1 Å². The molecule has 98 valence electrons. The van der Waals surface area contributed by atoms with E-state index >= 15 is 0 Å². The van der Waals surface area contributed by atoms with Crippen molar-refractivity contribution < 1.29 is 0 Å². The molecule has 0 spiro atoms. The highest BCUT2D eigenvalue weighted by Gasteiger charge is 2.22. The third kappa shape index (κ3) is 2.79. The van der Waals surface area contributed by atoms with Crippen LogP contribution in [0.25, 0.3) is 0 Å². The lowest BCUT2D eigenvalue weighted by Crippen LogP contribution is -2.45. The molecule has 3 N–H and O–H groups in total. The first-order valence-electron chi connectivity index (χ1n) is 6.31. The van der Waals surface area contributed by atoms with Crippen LogP contribution in [0.5, 0.6) is 0 Å². The average Bonchev–Trinajstić information content (AvgIpc) is 2.38. The molecule has 1 fully saturated rings. The minimum absolute atomic E-state index is 0.0195. The number of likely N-dealkylation sites (N-methyl/N-ethyl adjacent to an activating group) is 2. The predicted octanol–water partition coefficient (Wildman–Crippen LogP) is 0.896. The van der Waals surface area contributed by atoms with Gasteiger partial charge in [-0.3, -0.25) is 5.41 Å². The Labute approximate surface area is 108 Å². The molecule has 0 radical (unpaired) electrons. The van der Waals surface area contributed by atoms with Crippen LogP contribution in [0.2, 0.25) is 0 Å². The quantitative estimate of drug-likeness (QED) is 0.615. The molecule has 0 bridgehead atoms. The van der Waals surface area contributed by atoms with Crippen LogP contribution in [0.3, 0.4) is 0 Å². The second kappa shape index (κ2) is 5.35. The molecule has 0 saturated carbocycles. The maximum absolute atomic E-state index is 7.44. The lowest BCUT2D eigenvalue weighted by atomic mass is 10.1. The second-order valence-corrected chi connectivity index (χ2v) is 4.96. The SMILES string of the molecule is CN1CCCC(N(C)c2cccc(C(=N)N)n2)C1. The fourth-order valence-corrected chi connectivity index (χ4v) is 2.41. The summed E-state index contributed by atoms with van der Waals surface area (Å²) in [4.78, 5) is 8.97. The van der Waals surface area contributed by atoms with Gasteiger partial charge in [-0.25, -0.2) is 4.98 Å². The molecule has 0 aliphatic carbocycles. The highest BCUT2D eigenvalue weighted by Crippen LogP contribution is 2.19. The number of nitrogens with one attached hydrogen (secondary N) is 1. The van der Waals surface area contributed by atoms with Crippen molar-refractivity contribution in [3.8, 4) is 0 Å². The van der Waals surface area contributed by atoms with Crippen molar-refractivity contribution >= 4 is 11.7 Å². The van der Waals surface area contributed by atoms with E-state index < -0.39 is 0 Å². The van der Waals surface area contributed by atoms with E-state index in [-0.39, 0.29) is 5.84 Å². The number of anilines is 1. The normalized spacial score (nSPS) is 20.7. The zero-order valence-corrected chi connectivity index (χ0v) is 11.1. The Balaban J connectivity index is 2.14. The maximum atomic E-state index is 7.44. The average molecular weight is 247 g/mol. The fraction of sp³-hybridized carbons (Fsp3) is 0.538. The van der Waals surface area contributed by atoms with Crippen molar-refractivity contribution in [2.24, 2.45) is 5.73 Å². The third-order valence-electron chi connectivity index (χ3n) is 3.52. The number of amidine groups is 1. The number of nitrogens with two attached hydrogens (primary N) is 1. The van der Waals surface area contributed by atoms with Crippen LogP contribution < -0.4 is 10.6 Å². The Kier molecular flexibility index (Phi) is 3.81. The van der Waals surface area contributed by atoms with Gasteiger partial charge in [0.2, 0.25) is 0 Å². The number of hydrogen-bond donors (Lipinski definition) is 2. The first-order chi connectivity index (χ1) is 8.58. The number of likely N-dealkylation sites (tertiary alicyclic amines) is 1. The standard InChI is InChI=1S/C13H21N5/c1-17-8-4-5-10(9-17)18(2)12-7-3-6-11(16-12)13(14)15/h3,6-7,10H,4-5,8-9H2,1-2H3,(H3,14,15). The molecule has 1 saturated heterocycles. The Morgan fingerprint density at radius 3 is 3.00 bits per heavy atom. The first-order valence-corrected chi connectivity index (χ1v) is 6.31. The van der Waals surface area contributed by atoms with Crippen molar-refractivity contribution in [3.05, 3.63) is 23.9 Å². The van der Waals surface area contributed by atoms with Gasteiger partial charge in [0, 0.05) is 19.6 Å². The van der Waals surface area contributed by atoms with E-state index in [2.05, 4.69) is 28.9 Å². The lowest BCUT2D eigenvalue weighted by Gasteiger charge is -2.36. The summed E-state index contributed by atoms with van der Waals surface area (Å²) in [5.74, 6) is 0.911. The molecule has 1 aliphatic heterocycles. The van der Waals surface area contributed by atoms with Gasteiger partial charge in [-0.15, -0.1) is 0 Å². The van der Waals surface area contributed by atoms with Crippen molar-refractivity contribution in [2.45, 2.75) is 18.9 Å². The van der Waals surface area contributed by atoms with E-state index in [9.17, 15) is 0 Å². The van der Waals surface area contributed by atoms with Crippen LogP contribution in [-0.2, 0) is 0 Å². The number of rotatable bonds is 3. The van der Waals surface area contributed by atoms with E-state index in [1.165, 1.54) is 19.4 Å². The molecule has 2 rings (SSSR count). The van der Waals surface area contributed by atoms with Crippen LogP contribution in [0, 0.1) is 5.41 Å². The summed E-state index contributed by atoms with van der Waals surface area (Å²) in [6, 6.07) is 6.13. The number of pyridine rings is 1. The van der Waals surface area contributed by atoms with Crippen LogP contribution >= 0.6 is 0 Å². The monoisotopic (exact) mass is 247 g/mol. The smallest absolute Gasteiger partial charge is 0.141 e. The van der Waals surface area contributed by atoms with Crippen LogP contribution in [0.15, 0.2) is 18.2 Å². The van der Waals surface area contributed by atoms with Gasteiger partial charge in [-0.2, -0.15) is 0 Å². The summed E-state index contributed by atoms with van der Waals surface area (Å²) >= 11 is 0. The highest BCUT2D eigenvalue weighted by molar-refractivity contribution is 5.93. The molecule has 1 aliphatic rings. The topological polar surface area (TPSA) is 69.2 Å². The summed E-state index contributed by atoms with van der Waals surface area (Å²) in [5, 5.41) is 7.44. The second-order valence-electron chi connectivity index (χ2n) is 4.96. The van der Waals surface area contributed by atoms with Gasteiger partial charge in [0.05, 0.1) is 0 Å². The Hall–Kier alpha value is -1.62. The van der Waals surface area contributed by atoms with Gasteiger partial charge >= 0.3 is 0 Å². The van der Waals surface area contributed by atoms with E-state index in [0.717, 1.165) is 12.4 Å². The molecule has 18 heavy (non-hydrogen) atoms. The largest absolute Gasteiger partial charge is 0.382 e. The molecular formula is C13H21N5. The van der Waals surface area contributed by atoms with Crippen molar-refractivity contribution in [1.29, 1.82) is 5.41 Å². The molecule has 1 aromatic heterocycles.